The van der Waals surface area contributed by atoms with E-state index in [2.05, 4.69) is 76.1 Å². The summed E-state index contributed by atoms with van der Waals surface area (Å²) in [6, 6.07) is 20.6. The third-order valence-electron chi connectivity index (χ3n) is 18.3. The number of alkyl halides is 1. The molecule has 0 spiro atoms. The van der Waals surface area contributed by atoms with E-state index in [9.17, 15) is 57.0 Å². The van der Waals surface area contributed by atoms with Gasteiger partial charge in [0, 0.05) is 105 Å². The Morgan fingerprint density at radius 2 is 0.835 bits per heavy atom. The second kappa shape index (κ2) is 72.2. The molecular formula is C85H131BrN16O28S3. The Hall–Kier alpha value is -9.24. The normalized spacial score (nSPS) is 14.7. The van der Waals surface area contributed by atoms with Crippen molar-refractivity contribution >= 4 is 95.9 Å². The number of carbonyl (C=O) groups excluding carboxylic acids is 6. The predicted octanol–water partition coefficient (Wildman–Crippen LogP) is 6.85. The molecule has 0 radical (unpaired) electrons. The molecule has 3 aromatic carbocycles. The lowest BCUT2D eigenvalue weighted by Gasteiger charge is -2.34. The molecule has 0 saturated carbocycles. The van der Waals surface area contributed by atoms with Crippen molar-refractivity contribution < 1.29 is 134 Å². The number of aliphatic carboxylic acids is 2. The SMILES string of the molecule is Cc1ccc(S(=O)(=O)OCCOCCO)cc1.Cc1ncsc1-c1ccc(CNC(=O)[C@@H]2C[C@@H](O)CN2C(=O)[C@@H](CC(=O)COCCOCCN)C(C)(C)C)cc1.Cc1ncsc1-c1ccc(CNC(=O)[C@@H]2C[C@@H](O)CN2C(=O)[C@@H](CC(=O)COCCOCCN=[N+]=[N-])C(C)(C)C)cc1.O=C(O)CBr.OCCOCCO.[N-]=[N+]=NCCOCCO.[N-]=[N+]=NCCOCCOCC(=O)O. The van der Waals surface area contributed by atoms with Crippen LogP contribution in [0, 0.1) is 43.4 Å². The van der Waals surface area contributed by atoms with Gasteiger partial charge in [0.1, 0.15) is 37.2 Å². The Labute approximate surface area is 791 Å². The van der Waals surface area contributed by atoms with Crippen LogP contribution in [0.25, 0.3) is 52.2 Å². The number of amides is 4. The van der Waals surface area contributed by atoms with Gasteiger partial charge in [-0.25, -0.2) is 14.8 Å². The number of ketones is 2. The number of azide groups is 3. The smallest absolute Gasteiger partial charge is 0.329 e. The maximum Gasteiger partial charge on any atom is 0.329 e. The van der Waals surface area contributed by atoms with Gasteiger partial charge in [0.15, 0.2) is 11.6 Å². The van der Waals surface area contributed by atoms with Crippen molar-refractivity contribution in [2.45, 2.75) is 130 Å². The number of hydrogen-bond acceptors (Lipinski definition) is 34. The zero-order valence-electron chi connectivity index (χ0n) is 76.7. The largest absolute Gasteiger partial charge is 0.481 e. The van der Waals surface area contributed by atoms with E-state index in [1.807, 2.05) is 122 Å². The number of likely N-dealkylation sites (tertiary alicyclic amines) is 2. The molecule has 2 aliphatic rings. The molecule has 0 aliphatic carbocycles. The van der Waals surface area contributed by atoms with Crippen molar-refractivity contribution in [2.75, 3.05) is 197 Å². The van der Waals surface area contributed by atoms with Crippen molar-refractivity contribution in [3.05, 3.63) is 143 Å². The summed E-state index contributed by atoms with van der Waals surface area (Å²) in [6.07, 6.45) is -1.42. The molecule has 48 heteroatoms. The minimum atomic E-state index is -3.71. The van der Waals surface area contributed by atoms with E-state index >= 15 is 0 Å². The number of aliphatic hydroxyl groups excluding tert-OH is 6. The van der Waals surface area contributed by atoms with Crippen LogP contribution in [0.3, 0.4) is 0 Å². The first-order valence-corrected chi connectivity index (χ1v) is 46.6. The number of β-amino-alcohol motifs (C(OH)–C–C–N with tert-alkyl or cyclic N) is 2. The average Bonchev–Trinajstić information content (AvgIpc) is 1.70. The van der Waals surface area contributed by atoms with Crippen molar-refractivity contribution in [3.8, 4) is 20.9 Å². The lowest BCUT2D eigenvalue weighted by molar-refractivity contribution is -0.147. The molecule has 2 saturated heterocycles. The molecule has 4 amide bonds. The number of benzene rings is 3. The first kappa shape index (κ1) is 122. The van der Waals surface area contributed by atoms with Gasteiger partial charge in [-0.2, -0.15) is 8.42 Å². The number of nitrogens with zero attached hydrogens (tertiary/aromatic N) is 13. The van der Waals surface area contributed by atoms with E-state index in [1.54, 1.807) is 34.8 Å². The number of aliphatic hydroxyl groups is 6. The standard InChI is InChI=1S/C29H40N6O6S.C29H42N4O6S.C11H16O5S.C6H11N3O4.C4H9N3O2.C4H10O3.C2H3BrO2/c1-19-26(42-18-32-19)21-7-5-20(6-8-21)15-31-27(38)25-14-22(36)16-35(25)28(39)24(29(2,3)4)13-23(37)17-41-12-11-40-10-9-33-34-30;1-19-26(40-18-32-19)21-7-5-20(6-8-21)15-31-27(36)25-14-22(34)16-33(25)28(37)24(29(2,3)4)13-23(35)17-39-12-11-38-10-9-30;1-10-2-4-11(5-3-10)17(13,14)16-9-8-15-7-6-12;7-9-8-1-2-12-3-4-13-5-6(10)11;5-7-6-1-3-9-4-2-8;5-1-3-7-4-2-6;3-1-2(4)5/h5-8,18,22,24-25,36H,9-17H2,1-4H3,(H,31,38);5-8,18,22,24-25,34H,9-17,30H2,1-4H3,(H,31,36);2-5,12H,6-9H2,1H3;1-5H2,(H,10,11);8H,1-4H2;5-6H,1-4H2;1H2,(H,4,5)/t2*22-,24-,25+;;;;;/m11...../s1. The Kier molecular flexibility index (Phi) is 66.1. The van der Waals surface area contributed by atoms with E-state index in [0.29, 0.717) is 72.5 Å². The quantitative estimate of drug-likeness (QED) is 0.00473. The van der Waals surface area contributed by atoms with Crippen LogP contribution in [0.4, 0.5) is 0 Å². The van der Waals surface area contributed by atoms with Crippen LogP contribution < -0.4 is 16.4 Å². The van der Waals surface area contributed by atoms with Gasteiger partial charge in [-0.1, -0.05) is 139 Å². The fourth-order valence-electron chi connectivity index (χ4n) is 11.7. The first-order chi connectivity index (χ1) is 63.4. The van der Waals surface area contributed by atoms with Crippen LogP contribution in [0.15, 0.2) is 104 Å². The topological polar surface area (TPSA) is 653 Å². The number of halogens is 1. The fraction of sp³-hybridized carbons (Fsp3) is 0.624. The van der Waals surface area contributed by atoms with Gasteiger partial charge in [-0.3, -0.25) is 37.7 Å². The zero-order chi connectivity index (χ0) is 99.4. The monoisotopic (exact) mass is 2000 g/mol. The Morgan fingerprint density at radius 1 is 0.504 bits per heavy atom. The van der Waals surface area contributed by atoms with E-state index in [0.717, 1.165) is 49.0 Å². The van der Waals surface area contributed by atoms with E-state index < -0.39 is 69.0 Å². The van der Waals surface area contributed by atoms with E-state index in [4.69, 9.17) is 90.3 Å². The van der Waals surface area contributed by atoms with E-state index in [1.165, 1.54) is 21.9 Å². The Balaban J connectivity index is 0.000000881. The molecule has 6 atom stereocenters. The highest BCUT2D eigenvalue weighted by atomic mass is 79.9. The van der Waals surface area contributed by atoms with Gasteiger partial charge in [-0.15, -0.1) is 22.7 Å². The molecule has 2 aromatic heterocycles. The molecule has 2 aliphatic heterocycles. The second-order valence-electron chi connectivity index (χ2n) is 30.9. The number of carbonyl (C=O) groups is 8. The van der Waals surface area contributed by atoms with Gasteiger partial charge >= 0.3 is 11.9 Å². The highest BCUT2D eigenvalue weighted by Gasteiger charge is 2.46. The van der Waals surface area contributed by atoms with Gasteiger partial charge in [-0.05, 0) is 82.6 Å². The van der Waals surface area contributed by atoms with E-state index in [-0.39, 0.29) is 203 Å². The van der Waals surface area contributed by atoms with Crippen molar-refractivity contribution in [1.29, 1.82) is 0 Å². The number of ether oxygens (including phenoxy) is 9. The summed E-state index contributed by atoms with van der Waals surface area (Å²) in [7, 11) is -3.71. The maximum atomic E-state index is 13.7. The molecule has 5 aromatic rings. The Morgan fingerprint density at radius 3 is 1.16 bits per heavy atom. The summed E-state index contributed by atoms with van der Waals surface area (Å²) in [5.41, 5.74) is 38.7. The van der Waals surface area contributed by atoms with Crippen LogP contribution in [0.5, 0.6) is 0 Å². The third kappa shape index (κ3) is 54.8. The highest BCUT2D eigenvalue weighted by molar-refractivity contribution is 9.09. The summed E-state index contributed by atoms with van der Waals surface area (Å²) >= 11 is 5.87. The van der Waals surface area contributed by atoms with Crippen LogP contribution in [0.2, 0.25) is 0 Å². The number of nitrogens with one attached hydrogen (secondary N) is 2. The predicted molar refractivity (Wildman–Crippen MR) is 496 cm³/mol. The summed E-state index contributed by atoms with van der Waals surface area (Å²) in [5.74, 6) is -4.96. The van der Waals surface area contributed by atoms with Crippen molar-refractivity contribution in [2.24, 2.45) is 43.7 Å². The fourth-order valence-corrected chi connectivity index (χ4v) is 14.2. The lowest BCUT2D eigenvalue weighted by atomic mass is 9.77. The van der Waals surface area contributed by atoms with Crippen molar-refractivity contribution in [1.82, 2.24) is 30.4 Å². The molecule has 12 N–H and O–H groups in total. The van der Waals surface area contributed by atoms with Crippen LogP contribution in [-0.2, 0) is 108 Å². The molecule has 44 nitrogen and oxygen atoms in total. The molecule has 4 heterocycles. The summed E-state index contributed by atoms with van der Waals surface area (Å²) in [6.45, 7) is 22.5. The number of rotatable bonds is 54. The number of nitrogens with two attached hydrogens (primary N) is 1. The summed E-state index contributed by atoms with van der Waals surface area (Å²) in [5, 5.41) is 85.1. The number of aryl methyl sites for hydroxylation is 3. The number of Topliss-reactive ketones (excluding diaryl/α,β-unsaturated/α-hetero) is 2. The van der Waals surface area contributed by atoms with Gasteiger partial charge in [0.2, 0.25) is 23.6 Å². The summed E-state index contributed by atoms with van der Waals surface area (Å²) < 4.78 is 73.3. The number of thiazole rings is 2. The van der Waals surface area contributed by atoms with Gasteiger partial charge in [0.05, 0.1) is 181 Å². The van der Waals surface area contributed by atoms with Gasteiger partial charge in [0.25, 0.3) is 10.1 Å². The van der Waals surface area contributed by atoms with Crippen molar-refractivity contribution in [3.63, 3.8) is 0 Å². The highest BCUT2D eigenvalue weighted by Crippen LogP contribution is 2.36. The molecular weight excluding hydrogens is 1870 g/mol. The Bertz CT molecular complexity index is 4390. The molecule has 133 heavy (non-hydrogen) atoms. The minimum Gasteiger partial charge on any atom is -0.481 e. The maximum absolute atomic E-state index is 13.7. The third-order valence-corrected chi connectivity index (χ3v) is 22.1. The molecule has 2 fully saturated rings. The van der Waals surface area contributed by atoms with Crippen LogP contribution >= 0.6 is 38.6 Å². The molecule has 0 bridgehead atoms. The number of carboxylic acids is 2. The lowest BCUT2D eigenvalue weighted by Crippen LogP contribution is -2.50. The van der Waals surface area contributed by atoms with Crippen LogP contribution in [-0.4, -0.2) is 337 Å². The molecule has 744 valence electrons. The number of hydrogen-bond donors (Lipinski definition) is 11. The molecule has 0 unspecified atom stereocenters. The van der Waals surface area contributed by atoms with Crippen LogP contribution in [0.1, 0.15) is 95.3 Å². The number of carboxylic acid groups (broad SMARTS) is 2. The number of aromatic nitrogens is 2. The average molecular weight is 2000 g/mol. The minimum absolute atomic E-state index is 0.0102. The first-order valence-electron chi connectivity index (χ1n) is 42.3. The zero-order valence-corrected chi connectivity index (χ0v) is 80.8. The second-order valence-corrected chi connectivity index (χ2v) is 34.8. The molecule has 7 rings (SSSR count). The summed E-state index contributed by atoms with van der Waals surface area (Å²) in [4.78, 5) is 120. The van der Waals surface area contributed by atoms with Gasteiger partial charge < -0.3 is 110 Å².